The summed E-state index contributed by atoms with van der Waals surface area (Å²) in [6.07, 6.45) is -2.10. The van der Waals surface area contributed by atoms with Crippen molar-refractivity contribution >= 4 is 35.2 Å². The van der Waals surface area contributed by atoms with Crippen molar-refractivity contribution in [3.63, 3.8) is 0 Å². The van der Waals surface area contributed by atoms with Crippen LogP contribution < -0.4 is 5.43 Å². The number of nitrogens with one attached hydrogen (secondary N) is 1. The van der Waals surface area contributed by atoms with E-state index in [1.54, 1.807) is 12.3 Å². The van der Waals surface area contributed by atoms with Gasteiger partial charge in [-0.15, -0.1) is 0 Å². The highest BCUT2D eigenvalue weighted by Gasteiger charge is 2.30. The molecule has 0 aliphatic heterocycles. The molecule has 2 aromatic heterocycles. The highest BCUT2D eigenvalue weighted by Crippen LogP contribution is 2.31. The van der Waals surface area contributed by atoms with E-state index in [1.807, 2.05) is 36.6 Å². The summed E-state index contributed by atoms with van der Waals surface area (Å²) in [5.41, 5.74) is 5.18. The van der Waals surface area contributed by atoms with Crippen molar-refractivity contribution in [3.8, 4) is 5.69 Å². The first-order chi connectivity index (χ1) is 13.2. The van der Waals surface area contributed by atoms with Gasteiger partial charge in [0.2, 0.25) is 0 Å². The molecule has 0 unspecified atom stereocenters. The van der Waals surface area contributed by atoms with Gasteiger partial charge in [-0.05, 0) is 44.2 Å². The number of pyridine rings is 1. The predicted molar refractivity (Wildman–Crippen MR) is 106 cm³/mol. The zero-order chi connectivity index (χ0) is 20.5. The summed E-state index contributed by atoms with van der Waals surface area (Å²) >= 11 is 12.4. The summed E-state index contributed by atoms with van der Waals surface area (Å²) in [7, 11) is 0. The molecule has 0 spiro atoms. The van der Waals surface area contributed by atoms with E-state index in [4.69, 9.17) is 23.2 Å². The van der Waals surface area contributed by atoms with Gasteiger partial charge >= 0.3 is 6.18 Å². The number of halogens is 5. The minimum Gasteiger partial charge on any atom is -0.316 e. The average Bonchev–Trinajstić information content (AvgIpc) is 2.91. The third kappa shape index (κ3) is 4.15. The fourth-order valence-corrected chi connectivity index (χ4v) is 3.13. The highest BCUT2D eigenvalue weighted by atomic mass is 35.5. The van der Waals surface area contributed by atoms with E-state index in [0.29, 0.717) is 10.0 Å². The lowest BCUT2D eigenvalue weighted by Gasteiger charge is -2.12. The van der Waals surface area contributed by atoms with Gasteiger partial charge in [-0.3, -0.25) is 5.43 Å². The summed E-state index contributed by atoms with van der Waals surface area (Å²) in [6, 6.07) is 9.46. The first-order valence-corrected chi connectivity index (χ1v) is 8.89. The Labute approximate surface area is 169 Å². The maximum Gasteiger partial charge on any atom is 0.417 e. The molecule has 146 valence electrons. The van der Waals surface area contributed by atoms with E-state index in [-0.39, 0.29) is 5.82 Å². The molecule has 2 heterocycles. The van der Waals surface area contributed by atoms with Crippen molar-refractivity contribution in [3.05, 3.63) is 75.2 Å². The van der Waals surface area contributed by atoms with E-state index >= 15 is 0 Å². The topological polar surface area (TPSA) is 42.2 Å². The van der Waals surface area contributed by atoms with Crippen molar-refractivity contribution in [1.29, 1.82) is 0 Å². The fraction of sp³-hybridized carbons (Fsp3) is 0.158. The normalized spacial score (nSPS) is 12.0. The lowest BCUT2D eigenvalue weighted by molar-refractivity contribution is -0.137. The van der Waals surface area contributed by atoms with Crippen LogP contribution in [0.4, 0.5) is 19.0 Å². The summed E-state index contributed by atoms with van der Waals surface area (Å²) in [4.78, 5) is 3.71. The van der Waals surface area contributed by atoms with Crippen LogP contribution >= 0.6 is 23.2 Å². The third-order valence-electron chi connectivity index (χ3n) is 4.12. The molecule has 0 atom stereocenters. The molecule has 0 bridgehead atoms. The van der Waals surface area contributed by atoms with Gasteiger partial charge in [-0.1, -0.05) is 29.3 Å². The Hall–Kier alpha value is -2.51. The molecule has 0 aliphatic rings. The fourth-order valence-electron chi connectivity index (χ4n) is 2.75. The van der Waals surface area contributed by atoms with Gasteiger partial charge in [0.05, 0.1) is 27.5 Å². The van der Waals surface area contributed by atoms with E-state index < -0.39 is 11.7 Å². The van der Waals surface area contributed by atoms with Crippen LogP contribution in [0.2, 0.25) is 10.0 Å². The van der Waals surface area contributed by atoms with E-state index in [1.165, 1.54) is 6.07 Å². The Balaban J connectivity index is 1.81. The molecule has 3 aromatic rings. The van der Waals surface area contributed by atoms with E-state index in [2.05, 4.69) is 15.5 Å². The average molecular weight is 427 g/mol. The van der Waals surface area contributed by atoms with Gasteiger partial charge in [0.1, 0.15) is 5.82 Å². The summed E-state index contributed by atoms with van der Waals surface area (Å²) < 4.78 is 39.6. The quantitative estimate of drug-likeness (QED) is 0.395. The molecule has 1 N–H and O–H groups in total. The molecule has 0 radical (unpaired) electrons. The van der Waals surface area contributed by atoms with Gasteiger partial charge in [0, 0.05) is 23.1 Å². The maximum absolute atomic E-state index is 12.6. The van der Waals surface area contributed by atoms with Crippen molar-refractivity contribution in [2.45, 2.75) is 20.0 Å². The van der Waals surface area contributed by atoms with Crippen LogP contribution in [-0.2, 0) is 6.18 Å². The zero-order valence-corrected chi connectivity index (χ0v) is 16.4. The largest absolute Gasteiger partial charge is 0.417 e. The molecule has 4 nitrogen and oxygen atoms in total. The summed E-state index contributed by atoms with van der Waals surface area (Å²) in [5, 5.41) is 4.96. The number of hydrogen-bond donors (Lipinski definition) is 1. The van der Waals surface area contributed by atoms with Crippen LogP contribution in [-0.4, -0.2) is 15.8 Å². The molecule has 0 fully saturated rings. The molecule has 0 saturated heterocycles. The third-order valence-corrected chi connectivity index (χ3v) is 4.92. The lowest BCUT2D eigenvalue weighted by Crippen LogP contribution is -2.05. The zero-order valence-electron chi connectivity index (χ0n) is 14.9. The number of anilines is 1. The predicted octanol–water partition coefficient (Wildman–Crippen LogP) is 6.26. The van der Waals surface area contributed by atoms with Crippen molar-refractivity contribution in [2.75, 3.05) is 5.43 Å². The van der Waals surface area contributed by atoms with Crippen molar-refractivity contribution < 1.29 is 13.2 Å². The maximum atomic E-state index is 12.6. The molecule has 0 saturated carbocycles. The first-order valence-electron chi connectivity index (χ1n) is 8.14. The van der Waals surface area contributed by atoms with Gasteiger partial charge in [-0.2, -0.15) is 18.3 Å². The van der Waals surface area contributed by atoms with Crippen molar-refractivity contribution in [1.82, 2.24) is 9.55 Å². The van der Waals surface area contributed by atoms with E-state index in [9.17, 15) is 13.2 Å². The highest BCUT2D eigenvalue weighted by molar-refractivity contribution is 6.43. The molecule has 1 aromatic carbocycles. The van der Waals surface area contributed by atoms with Crippen LogP contribution in [0, 0.1) is 13.8 Å². The second kappa shape index (κ2) is 7.85. The number of rotatable bonds is 4. The lowest BCUT2D eigenvalue weighted by atomic mass is 10.2. The molecule has 28 heavy (non-hydrogen) atoms. The molecule has 3 rings (SSSR count). The summed E-state index contributed by atoms with van der Waals surface area (Å²) in [5.74, 6) is 0.205. The Morgan fingerprint density at radius 3 is 2.54 bits per heavy atom. The number of aryl methyl sites for hydroxylation is 1. The Morgan fingerprint density at radius 1 is 1.14 bits per heavy atom. The second-order valence-corrected chi connectivity index (χ2v) is 6.82. The van der Waals surface area contributed by atoms with Crippen LogP contribution in [0.3, 0.4) is 0 Å². The number of nitrogens with zero attached hydrogens (tertiary/aromatic N) is 3. The summed E-state index contributed by atoms with van der Waals surface area (Å²) in [6.45, 7) is 3.83. The van der Waals surface area contributed by atoms with Crippen LogP contribution in [0.25, 0.3) is 5.69 Å². The Bertz CT molecular complexity index is 1020. The van der Waals surface area contributed by atoms with Crippen LogP contribution in [0.1, 0.15) is 22.5 Å². The molecule has 0 aliphatic carbocycles. The number of hydrogen-bond acceptors (Lipinski definition) is 3. The van der Waals surface area contributed by atoms with E-state index in [0.717, 1.165) is 34.9 Å². The second-order valence-electron chi connectivity index (χ2n) is 6.03. The van der Waals surface area contributed by atoms with Gasteiger partial charge in [-0.25, -0.2) is 4.98 Å². The smallest absolute Gasteiger partial charge is 0.316 e. The SMILES string of the molecule is Cc1cc(/C=N\Nc2ccc(C(F)(F)F)cn2)c(C)n1-c1cccc(Cl)c1Cl. The molecular formula is C19H15Cl2F3N4. The Morgan fingerprint density at radius 2 is 1.89 bits per heavy atom. The number of alkyl halides is 3. The van der Waals surface area contributed by atoms with Gasteiger partial charge < -0.3 is 4.57 Å². The monoisotopic (exact) mass is 426 g/mol. The number of aromatic nitrogens is 2. The van der Waals surface area contributed by atoms with Crippen LogP contribution in [0.15, 0.2) is 47.7 Å². The molecule has 9 heteroatoms. The minimum absolute atomic E-state index is 0.205. The molecular weight excluding hydrogens is 412 g/mol. The van der Waals surface area contributed by atoms with Gasteiger partial charge in [0.15, 0.2) is 0 Å². The number of hydrazone groups is 1. The van der Waals surface area contributed by atoms with Crippen molar-refractivity contribution in [2.24, 2.45) is 5.10 Å². The Kier molecular flexibility index (Phi) is 5.67. The first kappa shape index (κ1) is 20.2. The van der Waals surface area contributed by atoms with Gasteiger partial charge in [0.25, 0.3) is 0 Å². The van der Waals surface area contributed by atoms with Crippen LogP contribution in [0.5, 0.6) is 0 Å². The standard InChI is InChI=1S/C19H15Cl2F3N4/c1-11-8-13(12(2)28(11)16-5-3-4-15(20)18(16)21)9-26-27-17-7-6-14(10-25-17)19(22,23)24/h3-10H,1-2H3,(H,25,27)/b26-9-. The minimum atomic E-state index is -4.42. The number of benzene rings is 1. The molecule has 0 amide bonds.